The Hall–Kier alpha value is -0.450. The van der Waals surface area contributed by atoms with Gasteiger partial charge in [-0.15, -0.1) is 0 Å². The maximum absolute atomic E-state index is 9.21. The molecule has 3 nitrogen and oxygen atoms in total. The average molecular weight is 245 g/mol. The first-order chi connectivity index (χ1) is 7.15. The number of aliphatic hydroxyl groups is 1. The Bertz CT molecular complexity index is 357. The van der Waals surface area contributed by atoms with Crippen molar-refractivity contribution in [2.75, 3.05) is 18.0 Å². The van der Waals surface area contributed by atoms with E-state index >= 15 is 0 Å². The van der Waals surface area contributed by atoms with Gasteiger partial charge in [0.2, 0.25) is 0 Å². The Morgan fingerprint density at radius 3 is 2.87 bits per heavy atom. The molecule has 0 aromatic carbocycles. The van der Waals surface area contributed by atoms with Crippen molar-refractivity contribution >= 4 is 29.4 Å². The fourth-order valence-electron chi connectivity index (χ4n) is 1.33. The number of nitrogens with zero attached hydrogens (tertiary/aromatic N) is 2. The SMILES string of the molecule is CN(SC1(CO)CC1)c1cccc(Cl)n1. The molecule has 1 aromatic heterocycles. The van der Waals surface area contributed by atoms with Crippen LogP contribution in [0.2, 0.25) is 5.15 Å². The first kappa shape index (κ1) is 11.0. The lowest BCUT2D eigenvalue weighted by molar-refractivity contribution is 0.288. The van der Waals surface area contributed by atoms with Gasteiger partial charge in [-0.3, -0.25) is 0 Å². The van der Waals surface area contributed by atoms with E-state index in [2.05, 4.69) is 4.98 Å². The van der Waals surface area contributed by atoms with Crippen LogP contribution in [0.5, 0.6) is 0 Å². The summed E-state index contributed by atoms with van der Waals surface area (Å²) in [4.78, 5) is 4.21. The summed E-state index contributed by atoms with van der Waals surface area (Å²) in [6, 6.07) is 5.54. The van der Waals surface area contributed by atoms with Crippen molar-refractivity contribution in [2.24, 2.45) is 0 Å². The van der Waals surface area contributed by atoms with E-state index in [0.29, 0.717) is 5.15 Å². The molecule has 15 heavy (non-hydrogen) atoms. The molecule has 1 N–H and O–H groups in total. The van der Waals surface area contributed by atoms with Gasteiger partial charge in [-0.2, -0.15) is 0 Å². The van der Waals surface area contributed by atoms with Crippen molar-refractivity contribution in [1.82, 2.24) is 4.98 Å². The van der Waals surface area contributed by atoms with Crippen LogP contribution in [0.1, 0.15) is 12.8 Å². The van der Waals surface area contributed by atoms with Crippen LogP contribution in [0.4, 0.5) is 5.82 Å². The van der Waals surface area contributed by atoms with E-state index in [9.17, 15) is 5.11 Å². The largest absolute Gasteiger partial charge is 0.395 e. The Labute approximate surface area is 98.6 Å². The van der Waals surface area contributed by atoms with Gasteiger partial charge in [-0.1, -0.05) is 17.7 Å². The Morgan fingerprint density at radius 2 is 2.33 bits per heavy atom. The summed E-state index contributed by atoms with van der Waals surface area (Å²) < 4.78 is 1.99. The van der Waals surface area contributed by atoms with E-state index < -0.39 is 0 Å². The lowest BCUT2D eigenvalue weighted by Crippen LogP contribution is -2.19. The zero-order valence-electron chi connectivity index (χ0n) is 8.48. The van der Waals surface area contributed by atoms with Gasteiger partial charge in [-0.25, -0.2) is 4.98 Å². The van der Waals surface area contributed by atoms with Gasteiger partial charge in [0.05, 0.1) is 11.4 Å². The monoisotopic (exact) mass is 244 g/mol. The second kappa shape index (κ2) is 4.20. The highest BCUT2D eigenvalue weighted by Gasteiger charge is 2.44. The van der Waals surface area contributed by atoms with Gasteiger partial charge in [0, 0.05) is 7.05 Å². The van der Waals surface area contributed by atoms with E-state index in [1.165, 1.54) is 0 Å². The van der Waals surface area contributed by atoms with E-state index in [0.717, 1.165) is 18.7 Å². The fourth-order valence-corrected chi connectivity index (χ4v) is 2.61. The molecule has 0 aliphatic heterocycles. The van der Waals surface area contributed by atoms with Crippen molar-refractivity contribution in [3.63, 3.8) is 0 Å². The standard InChI is InChI=1S/C10H13ClN2OS/c1-13(15-10(7-14)5-6-10)9-4-2-3-8(11)12-9/h2-4,14H,5-7H2,1H3. The number of halogens is 1. The summed E-state index contributed by atoms with van der Waals surface area (Å²) in [6.07, 6.45) is 2.14. The molecule has 0 bridgehead atoms. The molecule has 82 valence electrons. The molecule has 1 heterocycles. The minimum absolute atomic E-state index is 0.0265. The van der Waals surface area contributed by atoms with Gasteiger partial charge in [0.1, 0.15) is 11.0 Å². The lowest BCUT2D eigenvalue weighted by Gasteiger charge is -2.21. The van der Waals surface area contributed by atoms with Crippen LogP contribution in [0.25, 0.3) is 0 Å². The van der Waals surface area contributed by atoms with Gasteiger partial charge < -0.3 is 9.41 Å². The molecule has 1 aliphatic carbocycles. The predicted molar refractivity (Wildman–Crippen MR) is 64.3 cm³/mol. The lowest BCUT2D eigenvalue weighted by atomic mass is 10.5. The molecule has 0 unspecified atom stereocenters. The van der Waals surface area contributed by atoms with Crippen LogP contribution in [-0.2, 0) is 0 Å². The Morgan fingerprint density at radius 1 is 1.60 bits per heavy atom. The van der Waals surface area contributed by atoms with Crippen LogP contribution in [0.15, 0.2) is 18.2 Å². The number of aromatic nitrogens is 1. The van der Waals surface area contributed by atoms with Crippen LogP contribution >= 0.6 is 23.5 Å². The zero-order chi connectivity index (χ0) is 10.9. The van der Waals surface area contributed by atoms with Crippen LogP contribution in [0.3, 0.4) is 0 Å². The molecule has 2 rings (SSSR count). The third-order valence-electron chi connectivity index (χ3n) is 2.45. The molecule has 0 spiro atoms. The van der Waals surface area contributed by atoms with Crippen molar-refractivity contribution in [2.45, 2.75) is 17.6 Å². The smallest absolute Gasteiger partial charge is 0.139 e. The number of rotatable bonds is 4. The maximum Gasteiger partial charge on any atom is 0.139 e. The quantitative estimate of drug-likeness (QED) is 0.652. The highest BCUT2D eigenvalue weighted by atomic mass is 35.5. The van der Waals surface area contributed by atoms with E-state index in [1.54, 1.807) is 18.0 Å². The van der Waals surface area contributed by atoms with Crippen molar-refractivity contribution in [3.8, 4) is 0 Å². The number of pyridine rings is 1. The van der Waals surface area contributed by atoms with Crippen LogP contribution < -0.4 is 4.31 Å². The second-order valence-corrected chi connectivity index (χ2v) is 5.73. The highest BCUT2D eigenvalue weighted by Crippen LogP contribution is 2.49. The highest BCUT2D eigenvalue weighted by molar-refractivity contribution is 8.02. The summed E-state index contributed by atoms with van der Waals surface area (Å²) >= 11 is 7.45. The molecular formula is C10H13ClN2OS. The topological polar surface area (TPSA) is 36.4 Å². The van der Waals surface area contributed by atoms with Crippen molar-refractivity contribution in [3.05, 3.63) is 23.4 Å². The van der Waals surface area contributed by atoms with E-state index in [-0.39, 0.29) is 11.4 Å². The van der Waals surface area contributed by atoms with Crippen molar-refractivity contribution in [1.29, 1.82) is 0 Å². The molecule has 1 fully saturated rings. The van der Waals surface area contributed by atoms with Crippen LogP contribution in [-0.4, -0.2) is 28.5 Å². The summed E-state index contributed by atoms with van der Waals surface area (Å²) in [5.74, 6) is 0.826. The number of aliphatic hydroxyl groups excluding tert-OH is 1. The van der Waals surface area contributed by atoms with Gasteiger partial charge in [-0.05, 0) is 36.9 Å². The zero-order valence-corrected chi connectivity index (χ0v) is 10.1. The van der Waals surface area contributed by atoms with Gasteiger partial charge >= 0.3 is 0 Å². The van der Waals surface area contributed by atoms with E-state index in [1.807, 2.05) is 23.5 Å². The first-order valence-corrected chi connectivity index (χ1v) is 5.97. The fraction of sp³-hybridized carbons (Fsp3) is 0.500. The molecule has 0 radical (unpaired) electrons. The number of anilines is 1. The molecule has 1 aromatic rings. The molecular weight excluding hydrogens is 232 g/mol. The minimum atomic E-state index is 0.0265. The van der Waals surface area contributed by atoms with Crippen molar-refractivity contribution < 1.29 is 5.11 Å². The first-order valence-electron chi connectivity index (χ1n) is 4.81. The molecule has 0 saturated heterocycles. The average Bonchev–Trinajstić information content (AvgIpc) is 2.98. The van der Waals surface area contributed by atoms with Crippen LogP contribution in [0, 0.1) is 0 Å². The Kier molecular flexibility index (Phi) is 3.09. The predicted octanol–water partition coefficient (Wildman–Crippen LogP) is 2.34. The summed E-state index contributed by atoms with van der Waals surface area (Å²) in [6.45, 7) is 0.225. The molecule has 0 amide bonds. The second-order valence-electron chi connectivity index (χ2n) is 3.75. The molecule has 5 heteroatoms. The van der Waals surface area contributed by atoms with Gasteiger partial charge in [0.25, 0.3) is 0 Å². The molecule has 1 aliphatic rings. The minimum Gasteiger partial charge on any atom is -0.395 e. The third-order valence-corrected chi connectivity index (χ3v) is 4.05. The van der Waals surface area contributed by atoms with Gasteiger partial charge in [0.15, 0.2) is 0 Å². The summed E-state index contributed by atoms with van der Waals surface area (Å²) in [5, 5.41) is 9.71. The van der Waals surface area contributed by atoms with E-state index in [4.69, 9.17) is 11.6 Å². The summed E-state index contributed by atoms with van der Waals surface area (Å²) in [7, 11) is 1.94. The molecule has 0 atom stereocenters. The summed E-state index contributed by atoms with van der Waals surface area (Å²) in [5.41, 5.74) is 0. The maximum atomic E-state index is 9.21. The Balaban J connectivity index is 2.04. The number of hydrogen-bond donors (Lipinski definition) is 1. The third kappa shape index (κ3) is 2.56. The normalized spacial score (nSPS) is 17.5. The molecule has 1 saturated carbocycles. The number of hydrogen-bond acceptors (Lipinski definition) is 4.